The van der Waals surface area contributed by atoms with Gasteiger partial charge in [-0.05, 0) is 44.6 Å². The van der Waals surface area contributed by atoms with E-state index in [1.54, 1.807) is 11.5 Å². The molecular weight excluding hydrogens is 371 g/mol. The van der Waals surface area contributed by atoms with Crippen LogP contribution in [-0.4, -0.2) is 34.1 Å². The molecule has 1 fully saturated rings. The molecule has 27 heavy (non-hydrogen) atoms. The molecule has 1 aromatic heterocycles. The average Bonchev–Trinajstić information content (AvgIpc) is 2.89. The maximum Gasteiger partial charge on any atom is 0.297 e. The summed E-state index contributed by atoms with van der Waals surface area (Å²) in [5.41, 5.74) is 1.28. The molecule has 0 N–H and O–H groups in total. The monoisotopic (exact) mass is 396 g/mol. The molecule has 0 aliphatic heterocycles. The van der Waals surface area contributed by atoms with Crippen LogP contribution in [-0.2, 0) is 16.6 Å². The SMILES string of the molecule is CC(=O)C[C@@H](C)COC1CCC(Oc2nc3cc(Cl)c(F)cc3n2C)CC1. The molecule has 0 bridgehead atoms. The molecule has 0 amide bonds. The molecule has 0 saturated heterocycles. The lowest BCUT2D eigenvalue weighted by Crippen LogP contribution is -2.30. The number of aryl methyl sites for hydroxylation is 1. The minimum absolute atomic E-state index is 0.0591. The first-order chi connectivity index (χ1) is 12.8. The Hall–Kier alpha value is -1.66. The number of halogens is 2. The number of ether oxygens (including phenoxy) is 2. The van der Waals surface area contributed by atoms with Crippen molar-refractivity contribution in [2.45, 2.75) is 58.2 Å². The van der Waals surface area contributed by atoms with Crippen LogP contribution in [0, 0.1) is 11.7 Å². The van der Waals surface area contributed by atoms with E-state index in [9.17, 15) is 9.18 Å². The number of carbonyl (C=O) groups is 1. The zero-order valence-electron chi connectivity index (χ0n) is 16.0. The summed E-state index contributed by atoms with van der Waals surface area (Å²) in [5, 5.41) is 0.0591. The normalized spacial score (nSPS) is 21.4. The Labute approximate surface area is 163 Å². The van der Waals surface area contributed by atoms with Crippen LogP contribution < -0.4 is 4.74 Å². The minimum Gasteiger partial charge on any atom is -0.461 e. The number of nitrogens with zero attached hydrogens (tertiary/aromatic N) is 2. The number of rotatable bonds is 7. The van der Waals surface area contributed by atoms with Crippen LogP contribution in [0.1, 0.15) is 46.0 Å². The van der Waals surface area contributed by atoms with Gasteiger partial charge in [-0.25, -0.2) is 4.39 Å². The first-order valence-electron chi connectivity index (χ1n) is 9.42. The molecule has 5 nitrogen and oxygen atoms in total. The molecule has 0 radical (unpaired) electrons. The van der Waals surface area contributed by atoms with Crippen molar-refractivity contribution < 1.29 is 18.7 Å². The zero-order chi connectivity index (χ0) is 19.6. The van der Waals surface area contributed by atoms with E-state index < -0.39 is 5.82 Å². The predicted molar refractivity (Wildman–Crippen MR) is 103 cm³/mol. The van der Waals surface area contributed by atoms with E-state index in [0.717, 1.165) is 25.7 Å². The number of ketones is 1. The Morgan fingerprint density at radius 3 is 2.67 bits per heavy atom. The lowest BCUT2D eigenvalue weighted by molar-refractivity contribution is -0.118. The third kappa shape index (κ3) is 4.99. The Morgan fingerprint density at radius 1 is 1.33 bits per heavy atom. The molecule has 148 valence electrons. The number of Topliss-reactive ketones (excluding diaryl/α,β-unsaturated/α-hetero) is 1. The summed E-state index contributed by atoms with van der Waals surface area (Å²) >= 11 is 5.84. The smallest absolute Gasteiger partial charge is 0.297 e. The summed E-state index contributed by atoms with van der Waals surface area (Å²) in [7, 11) is 1.81. The second-order valence-electron chi connectivity index (χ2n) is 7.57. The molecule has 1 aromatic carbocycles. The van der Waals surface area contributed by atoms with E-state index in [0.29, 0.717) is 30.1 Å². The van der Waals surface area contributed by atoms with E-state index in [1.807, 2.05) is 14.0 Å². The van der Waals surface area contributed by atoms with E-state index >= 15 is 0 Å². The summed E-state index contributed by atoms with van der Waals surface area (Å²) in [6.45, 7) is 4.27. The lowest BCUT2D eigenvalue weighted by atomic mass is 9.95. The molecule has 1 atom stereocenters. The molecule has 1 aliphatic carbocycles. The van der Waals surface area contributed by atoms with Gasteiger partial charge in [0.1, 0.15) is 17.7 Å². The number of fused-ring (bicyclic) bond motifs is 1. The molecule has 0 unspecified atom stereocenters. The van der Waals surface area contributed by atoms with Gasteiger partial charge in [0.25, 0.3) is 6.01 Å². The fourth-order valence-corrected chi connectivity index (χ4v) is 3.74. The molecule has 1 heterocycles. The third-order valence-corrected chi connectivity index (χ3v) is 5.32. The van der Waals surface area contributed by atoms with Crippen LogP contribution in [0.2, 0.25) is 5.02 Å². The molecule has 0 spiro atoms. The van der Waals surface area contributed by atoms with Crippen LogP contribution in [0.3, 0.4) is 0 Å². The Balaban J connectivity index is 1.53. The quantitative estimate of drug-likeness (QED) is 0.681. The summed E-state index contributed by atoms with van der Waals surface area (Å²) in [6.07, 6.45) is 4.44. The van der Waals surface area contributed by atoms with Gasteiger partial charge in [0.2, 0.25) is 0 Å². The van der Waals surface area contributed by atoms with Crippen molar-refractivity contribution in [3.05, 3.63) is 23.0 Å². The van der Waals surface area contributed by atoms with Gasteiger partial charge in [0.15, 0.2) is 0 Å². The van der Waals surface area contributed by atoms with Gasteiger partial charge in [-0.1, -0.05) is 18.5 Å². The van der Waals surface area contributed by atoms with Crippen LogP contribution in [0.15, 0.2) is 12.1 Å². The molecule has 7 heteroatoms. The fraction of sp³-hybridized carbons (Fsp3) is 0.600. The predicted octanol–water partition coefficient (Wildman–Crippen LogP) is 4.69. The van der Waals surface area contributed by atoms with Gasteiger partial charge in [-0.2, -0.15) is 4.98 Å². The number of benzene rings is 1. The minimum atomic E-state index is -0.463. The highest BCUT2D eigenvalue weighted by Crippen LogP contribution is 2.29. The number of hydrogen-bond donors (Lipinski definition) is 0. The van der Waals surface area contributed by atoms with Crippen LogP contribution >= 0.6 is 11.6 Å². The van der Waals surface area contributed by atoms with Crippen molar-refractivity contribution in [2.24, 2.45) is 13.0 Å². The molecule has 1 saturated carbocycles. The van der Waals surface area contributed by atoms with Crippen molar-refractivity contribution in [1.29, 1.82) is 0 Å². The number of carbonyl (C=O) groups excluding carboxylic acids is 1. The van der Waals surface area contributed by atoms with Gasteiger partial charge in [-0.15, -0.1) is 0 Å². The van der Waals surface area contributed by atoms with Crippen molar-refractivity contribution in [3.8, 4) is 6.01 Å². The van der Waals surface area contributed by atoms with E-state index in [4.69, 9.17) is 21.1 Å². The summed E-state index contributed by atoms with van der Waals surface area (Å²) in [6, 6.07) is 3.38. The third-order valence-electron chi connectivity index (χ3n) is 5.03. The Morgan fingerprint density at radius 2 is 2.00 bits per heavy atom. The van der Waals surface area contributed by atoms with E-state index in [-0.39, 0.29) is 28.9 Å². The number of imidazole rings is 1. The van der Waals surface area contributed by atoms with Crippen LogP contribution in [0.25, 0.3) is 11.0 Å². The van der Waals surface area contributed by atoms with Gasteiger partial charge in [-0.3, -0.25) is 4.57 Å². The highest BCUT2D eigenvalue weighted by Gasteiger charge is 2.25. The lowest BCUT2D eigenvalue weighted by Gasteiger charge is -2.29. The standard InChI is InChI=1S/C20H26ClFN2O3/c1-12(8-13(2)25)11-26-14-4-6-15(7-5-14)27-20-23-18-9-16(21)17(22)10-19(18)24(20)3/h9-10,12,14-15H,4-8,11H2,1-3H3/t12-,14?,15?/m1/s1. The number of aromatic nitrogens is 2. The zero-order valence-corrected chi connectivity index (χ0v) is 16.8. The van der Waals surface area contributed by atoms with E-state index in [1.165, 1.54) is 12.1 Å². The van der Waals surface area contributed by atoms with Gasteiger partial charge in [0.05, 0.1) is 22.2 Å². The molecular formula is C20H26ClFN2O3. The number of hydrogen-bond acceptors (Lipinski definition) is 4. The molecule has 3 rings (SSSR count). The van der Waals surface area contributed by atoms with Crippen molar-refractivity contribution in [1.82, 2.24) is 9.55 Å². The first kappa shape index (κ1) is 20.1. The highest BCUT2D eigenvalue weighted by atomic mass is 35.5. The van der Waals surface area contributed by atoms with Crippen LogP contribution in [0.5, 0.6) is 6.01 Å². The van der Waals surface area contributed by atoms with Gasteiger partial charge < -0.3 is 14.3 Å². The van der Waals surface area contributed by atoms with Gasteiger partial charge in [0, 0.05) is 26.1 Å². The summed E-state index contributed by atoms with van der Waals surface area (Å²) in [5.74, 6) is -0.00843. The first-order valence-corrected chi connectivity index (χ1v) is 9.80. The van der Waals surface area contributed by atoms with Crippen molar-refractivity contribution in [2.75, 3.05) is 6.61 Å². The van der Waals surface area contributed by atoms with Crippen LogP contribution in [0.4, 0.5) is 4.39 Å². The summed E-state index contributed by atoms with van der Waals surface area (Å²) in [4.78, 5) is 15.6. The molecule has 1 aliphatic rings. The largest absolute Gasteiger partial charge is 0.461 e. The van der Waals surface area contributed by atoms with E-state index in [2.05, 4.69) is 4.98 Å². The second-order valence-corrected chi connectivity index (χ2v) is 7.98. The Kier molecular flexibility index (Phi) is 6.37. The maximum absolute atomic E-state index is 13.7. The maximum atomic E-state index is 13.7. The Bertz CT molecular complexity index is 815. The second kappa shape index (κ2) is 8.57. The topological polar surface area (TPSA) is 53.4 Å². The van der Waals surface area contributed by atoms with Crippen molar-refractivity contribution in [3.63, 3.8) is 0 Å². The van der Waals surface area contributed by atoms with Gasteiger partial charge >= 0.3 is 0 Å². The fourth-order valence-electron chi connectivity index (χ4n) is 3.59. The average molecular weight is 397 g/mol. The molecule has 2 aromatic rings. The van der Waals surface area contributed by atoms with Crippen molar-refractivity contribution >= 4 is 28.4 Å². The summed E-state index contributed by atoms with van der Waals surface area (Å²) < 4.78 is 27.5. The highest BCUT2D eigenvalue weighted by molar-refractivity contribution is 6.31.